The summed E-state index contributed by atoms with van der Waals surface area (Å²) in [6.45, 7) is 0.374. The predicted octanol–water partition coefficient (Wildman–Crippen LogP) is 3.38. The van der Waals surface area contributed by atoms with Gasteiger partial charge in [0.1, 0.15) is 0 Å². The Balaban J connectivity index is 2.24. The summed E-state index contributed by atoms with van der Waals surface area (Å²) in [5.41, 5.74) is 0.852. The van der Waals surface area contributed by atoms with Crippen molar-refractivity contribution in [3.8, 4) is 0 Å². The third-order valence-electron chi connectivity index (χ3n) is 3.51. The molecule has 0 bridgehead atoms. The summed E-state index contributed by atoms with van der Waals surface area (Å²) in [5.74, 6) is 0. The summed E-state index contributed by atoms with van der Waals surface area (Å²) in [6, 6.07) is 3.33. The molecule has 2 heterocycles. The minimum atomic E-state index is -4.44. The van der Waals surface area contributed by atoms with Crippen LogP contribution >= 0.6 is 0 Å². The molecule has 0 saturated heterocycles. The number of hydrogen-bond donors (Lipinski definition) is 0. The van der Waals surface area contributed by atoms with Gasteiger partial charge >= 0.3 is 12.3 Å². The lowest BCUT2D eigenvalue weighted by molar-refractivity contribution is -0.137. The van der Waals surface area contributed by atoms with E-state index in [0.717, 1.165) is 17.7 Å². The van der Waals surface area contributed by atoms with Gasteiger partial charge in [-0.1, -0.05) is 0 Å². The Morgan fingerprint density at radius 1 is 1.38 bits per heavy atom. The number of amides is 1. The van der Waals surface area contributed by atoms with Crippen molar-refractivity contribution in [2.45, 2.75) is 12.6 Å². The van der Waals surface area contributed by atoms with E-state index in [1.807, 2.05) is 0 Å². The topological polar surface area (TPSA) is 42.4 Å². The maximum absolute atomic E-state index is 12.9. The van der Waals surface area contributed by atoms with Crippen molar-refractivity contribution < 1.29 is 22.7 Å². The molecule has 1 aromatic carbocycles. The van der Waals surface area contributed by atoms with Gasteiger partial charge in [0.2, 0.25) is 0 Å². The first-order valence-corrected chi connectivity index (χ1v) is 6.26. The van der Waals surface area contributed by atoms with Gasteiger partial charge < -0.3 is 4.74 Å². The molecule has 7 heteroatoms. The molecule has 4 nitrogen and oxygen atoms in total. The third-order valence-corrected chi connectivity index (χ3v) is 3.51. The number of hydrogen-bond acceptors (Lipinski definition) is 3. The lowest BCUT2D eigenvalue weighted by atomic mass is 10.1. The van der Waals surface area contributed by atoms with Gasteiger partial charge in [0.15, 0.2) is 0 Å². The number of halogens is 3. The summed E-state index contributed by atoms with van der Waals surface area (Å²) < 4.78 is 43.3. The Morgan fingerprint density at radius 2 is 2.14 bits per heavy atom. The summed E-state index contributed by atoms with van der Waals surface area (Å²) in [4.78, 5) is 17.3. The van der Waals surface area contributed by atoms with E-state index in [1.165, 1.54) is 18.1 Å². The molecule has 0 fully saturated rings. The highest BCUT2D eigenvalue weighted by Gasteiger charge is 2.33. The first-order chi connectivity index (χ1) is 9.91. The molecule has 0 atom stereocenters. The predicted molar refractivity (Wildman–Crippen MR) is 70.2 cm³/mol. The Labute approximate surface area is 118 Å². The average Bonchev–Trinajstić information content (AvgIpc) is 2.89. The standard InChI is InChI=1S/C14H11F3N2O2/c1-21-13(20)19-5-4-8-7-18-11-3-2-9(14(15,16)17)6-10(11)12(8)19/h2-3,6-7H,4-5H2,1H3. The van der Waals surface area contributed by atoms with E-state index in [-0.39, 0.29) is 0 Å². The summed E-state index contributed by atoms with van der Waals surface area (Å²) in [5, 5.41) is 0.310. The molecule has 0 radical (unpaired) electrons. The van der Waals surface area contributed by atoms with Crippen LogP contribution in [0.4, 0.5) is 23.7 Å². The van der Waals surface area contributed by atoms with E-state index in [4.69, 9.17) is 0 Å². The van der Waals surface area contributed by atoms with Gasteiger partial charge in [0.25, 0.3) is 0 Å². The number of alkyl halides is 3. The second-order valence-corrected chi connectivity index (χ2v) is 4.73. The number of benzene rings is 1. The monoisotopic (exact) mass is 296 g/mol. The van der Waals surface area contributed by atoms with Crippen LogP contribution in [0, 0.1) is 0 Å². The molecule has 0 N–H and O–H groups in total. The summed E-state index contributed by atoms with van der Waals surface area (Å²) in [7, 11) is 1.24. The van der Waals surface area contributed by atoms with Crippen molar-refractivity contribution in [1.82, 2.24) is 4.98 Å². The second kappa shape index (κ2) is 4.61. The highest BCUT2D eigenvalue weighted by Crippen LogP contribution is 2.38. The van der Waals surface area contributed by atoms with E-state index in [2.05, 4.69) is 9.72 Å². The van der Waals surface area contributed by atoms with Crippen molar-refractivity contribution in [3.05, 3.63) is 35.5 Å². The van der Waals surface area contributed by atoms with Crippen LogP contribution in [0.25, 0.3) is 10.9 Å². The molecule has 3 rings (SSSR count). The number of ether oxygens (including phenoxy) is 1. The third kappa shape index (κ3) is 2.18. The number of methoxy groups -OCH3 is 1. The lowest BCUT2D eigenvalue weighted by Gasteiger charge is -2.18. The second-order valence-electron chi connectivity index (χ2n) is 4.73. The number of pyridine rings is 1. The molecule has 21 heavy (non-hydrogen) atoms. The summed E-state index contributed by atoms with van der Waals surface area (Å²) >= 11 is 0. The van der Waals surface area contributed by atoms with Gasteiger partial charge in [-0.15, -0.1) is 0 Å². The quantitative estimate of drug-likeness (QED) is 0.748. The fraction of sp³-hybridized carbons (Fsp3) is 0.286. The van der Waals surface area contributed by atoms with Crippen LogP contribution in [0.5, 0.6) is 0 Å². The zero-order valence-corrected chi connectivity index (χ0v) is 11.1. The molecule has 0 aliphatic carbocycles. The maximum atomic E-state index is 12.9. The number of rotatable bonds is 0. The summed E-state index contributed by atoms with van der Waals surface area (Å²) in [6.07, 6.45) is -2.89. The van der Waals surface area contributed by atoms with Crippen LogP contribution in [0.1, 0.15) is 11.1 Å². The Morgan fingerprint density at radius 3 is 2.81 bits per heavy atom. The first kappa shape index (κ1) is 13.7. The Bertz CT molecular complexity index is 728. The largest absolute Gasteiger partial charge is 0.452 e. The van der Waals surface area contributed by atoms with Crippen molar-refractivity contribution in [2.24, 2.45) is 0 Å². The fourth-order valence-corrected chi connectivity index (χ4v) is 2.53. The maximum Gasteiger partial charge on any atom is 0.416 e. The highest BCUT2D eigenvalue weighted by atomic mass is 19.4. The molecule has 1 aliphatic rings. The SMILES string of the molecule is COC(=O)N1CCc2cnc3ccc(C(F)(F)F)cc3c21. The van der Waals surface area contributed by atoms with Crippen LogP contribution in [-0.4, -0.2) is 24.7 Å². The number of nitrogens with zero attached hydrogens (tertiary/aromatic N) is 2. The molecular weight excluding hydrogens is 285 g/mol. The minimum Gasteiger partial charge on any atom is -0.452 e. The van der Waals surface area contributed by atoms with Crippen LogP contribution in [0.15, 0.2) is 24.4 Å². The molecule has 0 unspecified atom stereocenters. The van der Waals surface area contributed by atoms with Crippen LogP contribution < -0.4 is 4.90 Å². The van der Waals surface area contributed by atoms with E-state index in [1.54, 1.807) is 6.20 Å². The molecule has 0 spiro atoms. The fourth-order valence-electron chi connectivity index (χ4n) is 2.53. The molecule has 1 aliphatic heterocycles. The van der Waals surface area contributed by atoms with E-state index in [9.17, 15) is 18.0 Å². The Kier molecular flexibility index (Phi) is 3.00. The van der Waals surface area contributed by atoms with Gasteiger partial charge in [0.05, 0.1) is 23.9 Å². The van der Waals surface area contributed by atoms with Crippen molar-refractivity contribution in [3.63, 3.8) is 0 Å². The van der Waals surface area contributed by atoms with Crippen molar-refractivity contribution in [1.29, 1.82) is 0 Å². The van der Waals surface area contributed by atoms with Gasteiger partial charge in [-0.2, -0.15) is 13.2 Å². The number of fused-ring (bicyclic) bond motifs is 3. The molecule has 0 saturated carbocycles. The number of carbonyl (C=O) groups is 1. The molecule has 110 valence electrons. The van der Waals surface area contributed by atoms with Crippen LogP contribution in [0.2, 0.25) is 0 Å². The molecule has 2 aromatic rings. The number of carbonyl (C=O) groups excluding carboxylic acids is 1. The molecular formula is C14H11F3N2O2. The van der Waals surface area contributed by atoms with Gasteiger partial charge in [-0.3, -0.25) is 9.88 Å². The molecule has 1 amide bonds. The van der Waals surface area contributed by atoms with Crippen LogP contribution in [0.3, 0.4) is 0 Å². The van der Waals surface area contributed by atoms with Crippen LogP contribution in [-0.2, 0) is 17.3 Å². The molecule has 1 aromatic heterocycles. The normalized spacial score (nSPS) is 14.4. The van der Waals surface area contributed by atoms with Gasteiger partial charge in [-0.25, -0.2) is 4.79 Å². The zero-order valence-electron chi connectivity index (χ0n) is 11.1. The van der Waals surface area contributed by atoms with Gasteiger partial charge in [0, 0.05) is 18.1 Å². The number of aromatic nitrogens is 1. The zero-order chi connectivity index (χ0) is 15.2. The van der Waals surface area contributed by atoms with Crippen molar-refractivity contribution >= 4 is 22.7 Å². The average molecular weight is 296 g/mol. The number of anilines is 1. The first-order valence-electron chi connectivity index (χ1n) is 6.26. The lowest BCUT2D eigenvalue weighted by Crippen LogP contribution is -2.28. The van der Waals surface area contributed by atoms with E-state index in [0.29, 0.717) is 29.6 Å². The van der Waals surface area contributed by atoms with E-state index >= 15 is 0 Å². The Hall–Kier alpha value is -2.31. The highest BCUT2D eigenvalue weighted by molar-refractivity contribution is 6.03. The smallest absolute Gasteiger partial charge is 0.416 e. The van der Waals surface area contributed by atoms with Gasteiger partial charge in [-0.05, 0) is 30.2 Å². The van der Waals surface area contributed by atoms with Crippen molar-refractivity contribution in [2.75, 3.05) is 18.6 Å². The minimum absolute atomic E-state index is 0.310. The van der Waals surface area contributed by atoms with E-state index < -0.39 is 17.8 Å².